The zero-order valence-corrected chi connectivity index (χ0v) is 25.4. The molecule has 16 heteroatoms. The summed E-state index contributed by atoms with van der Waals surface area (Å²) in [7, 11) is -10.3. The largest absolute Gasteiger partial charge is 0.492 e. The zero-order chi connectivity index (χ0) is 31.3. The maximum atomic E-state index is 13.8. The van der Waals surface area contributed by atoms with Crippen molar-refractivity contribution in [3.63, 3.8) is 0 Å². The van der Waals surface area contributed by atoms with Crippen LogP contribution in [0.1, 0.15) is 48.1 Å². The molecule has 2 fully saturated rings. The van der Waals surface area contributed by atoms with E-state index < -0.39 is 43.7 Å². The van der Waals surface area contributed by atoms with Crippen LogP contribution in [0.3, 0.4) is 0 Å². The lowest BCUT2D eigenvalue weighted by Gasteiger charge is -2.37. The first-order valence-corrected chi connectivity index (χ1v) is 16.9. The quantitative estimate of drug-likeness (QED) is 0.169. The van der Waals surface area contributed by atoms with Crippen molar-refractivity contribution in [1.29, 1.82) is 0 Å². The highest BCUT2D eigenvalue weighted by atomic mass is 31.2. The zero-order valence-electron chi connectivity index (χ0n) is 23.6. The summed E-state index contributed by atoms with van der Waals surface area (Å²) in [6, 6.07) is 5.75. The van der Waals surface area contributed by atoms with Gasteiger partial charge in [-0.1, -0.05) is 13.0 Å². The fraction of sp³-hybridized carbons (Fsp3) is 0.444. The van der Waals surface area contributed by atoms with E-state index in [1.165, 1.54) is 37.7 Å². The number of hydrogen-bond acceptors (Lipinski definition) is 9. The Kier molecular flexibility index (Phi) is 8.34. The molecule has 1 saturated heterocycles. The van der Waals surface area contributed by atoms with Crippen molar-refractivity contribution >= 4 is 37.8 Å². The van der Waals surface area contributed by atoms with Gasteiger partial charge in [0.25, 0.3) is 0 Å². The van der Waals surface area contributed by atoms with Crippen molar-refractivity contribution in [1.82, 2.24) is 9.55 Å². The number of ether oxygens (including phenoxy) is 2. The molecule has 14 nitrogen and oxygen atoms in total. The lowest BCUT2D eigenvalue weighted by atomic mass is 9.95. The molecular formula is C27H34N4O10P2. The number of carbonyl (C=O) groups excluding carboxylic acids is 1. The van der Waals surface area contributed by atoms with E-state index in [0.717, 1.165) is 37.7 Å². The van der Waals surface area contributed by atoms with Gasteiger partial charge in [0.2, 0.25) is 5.43 Å². The Bertz CT molecular complexity index is 1670. The van der Waals surface area contributed by atoms with E-state index >= 15 is 0 Å². The second kappa shape index (κ2) is 11.4. The van der Waals surface area contributed by atoms with Gasteiger partial charge in [0.05, 0.1) is 23.7 Å². The number of piperidine rings is 1. The van der Waals surface area contributed by atoms with Crippen LogP contribution < -0.4 is 20.8 Å². The minimum absolute atomic E-state index is 0.0140. The van der Waals surface area contributed by atoms with E-state index in [9.17, 15) is 38.3 Å². The van der Waals surface area contributed by atoms with Crippen LogP contribution in [0, 0.1) is 5.92 Å². The van der Waals surface area contributed by atoms with Crippen LogP contribution in [-0.2, 0) is 20.3 Å². The first-order chi connectivity index (χ1) is 20.2. The Morgan fingerprint density at radius 3 is 2.40 bits per heavy atom. The third kappa shape index (κ3) is 5.88. The molecule has 2 aromatic heterocycles. The standard InChI is InChI=1S/C27H34N4O10P2/c1-16-10-18(28)14-30(13-16)22-8-7-20-23(25(22)40-2)31(19-5-6-19)15-21(24(20)32)26(33)41-27(42(34,35)36,43(37,38)39)11-17-4-3-9-29-12-17/h3-4,7-9,12,15-16,18-19H,5-6,10-11,13-14,28H2,1-2H3,(H2,34,35,36)(H2,37,38,39)/t16-,18-/m0/s1. The summed E-state index contributed by atoms with van der Waals surface area (Å²) in [6.07, 6.45) is 4.94. The van der Waals surface area contributed by atoms with Gasteiger partial charge in [-0.3, -0.25) is 18.9 Å². The number of fused-ring (bicyclic) bond motifs is 1. The average molecular weight is 637 g/mol. The third-order valence-electron chi connectivity index (χ3n) is 7.85. The van der Waals surface area contributed by atoms with Gasteiger partial charge >= 0.3 is 26.2 Å². The molecule has 0 radical (unpaired) electrons. The number of aromatic nitrogens is 2. The monoisotopic (exact) mass is 636 g/mol. The van der Waals surface area contributed by atoms with Gasteiger partial charge in [-0.25, -0.2) is 4.79 Å². The normalized spacial score (nSPS) is 19.8. The van der Waals surface area contributed by atoms with Crippen LogP contribution in [0.2, 0.25) is 0 Å². The van der Waals surface area contributed by atoms with Gasteiger partial charge in [-0.15, -0.1) is 0 Å². The van der Waals surface area contributed by atoms with E-state index in [1.807, 2.05) is 0 Å². The van der Waals surface area contributed by atoms with E-state index in [-0.39, 0.29) is 23.0 Å². The van der Waals surface area contributed by atoms with Crippen LogP contribution in [0.4, 0.5) is 5.69 Å². The Morgan fingerprint density at radius 2 is 1.84 bits per heavy atom. The minimum Gasteiger partial charge on any atom is -0.492 e. The molecule has 0 unspecified atom stereocenters. The maximum Gasteiger partial charge on any atom is 0.381 e. The number of esters is 1. The fourth-order valence-corrected chi connectivity index (χ4v) is 8.28. The molecular weight excluding hydrogens is 602 g/mol. The predicted octanol–water partition coefficient (Wildman–Crippen LogP) is 2.32. The number of pyridine rings is 2. The number of benzene rings is 1. The second-order valence-electron chi connectivity index (χ2n) is 11.3. The van der Waals surface area contributed by atoms with Crippen molar-refractivity contribution in [3.8, 4) is 5.75 Å². The number of hydrogen-bond donors (Lipinski definition) is 5. The molecule has 0 amide bonds. The van der Waals surface area contributed by atoms with Crippen LogP contribution in [0.5, 0.6) is 5.75 Å². The van der Waals surface area contributed by atoms with E-state index in [4.69, 9.17) is 15.2 Å². The van der Waals surface area contributed by atoms with Crippen LogP contribution in [-0.4, -0.2) is 66.4 Å². The number of anilines is 1. The van der Waals surface area contributed by atoms with Gasteiger partial charge < -0.3 is 44.2 Å². The van der Waals surface area contributed by atoms with Crippen LogP contribution in [0.15, 0.2) is 47.7 Å². The smallest absolute Gasteiger partial charge is 0.381 e. The lowest BCUT2D eigenvalue weighted by molar-refractivity contribution is 0.0237. The summed E-state index contributed by atoms with van der Waals surface area (Å²) in [4.78, 5) is 73.9. The molecule has 2 aliphatic rings. The first-order valence-electron chi connectivity index (χ1n) is 13.7. The topological polar surface area (TPSA) is 215 Å². The summed E-state index contributed by atoms with van der Waals surface area (Å²) in [5.74, 6) is -0.864. The highest BCUT2D eigenvalue weighted by Crippen LogP contribution is 2.70. The van der Waals surface area contributed by atoms with E-state index in [1.54, 1.807) is 10.6 Å². The summed E-state index contributed by atoms with van der Waals surface area (Å²) >= 11 is 0. The molecule has 0 bridgehead atoms. The van der Waals surface area contributed by atoms with Gasteiger partial charge in [0, 0.05) is 50.2 Å². The van der Waals surface area contributed by atoms with Crippen LogP contribution >= 0.6 is 15.2 Å². The minimum atomic E-state index is -5.87. The van der Waals surface area contributed by atoms with Gasteiger partial charge in [0.1, 0.15) is 5.56 Å². The molecule has 5 rings (SSSR count). The number of carbonyl (C=O) groups is 1. The Labute approximate surface area is 246 Å². The van der Waals surface area contributed by atoms with E-state index in [2.05, 4.69) is 16.8 Å². The molecule has 1 aliphatic heterocycles. The molecule has 1 saturated carbocycles. The Balaban J connectivity index is 1.64. The predicted molar refractivity (Wildman–Crippen MR) is 157 cm³/mol. The molecule has 43 heavy (non-hydrogen) atoms. The van der Waals surface area contributed by atoms with Crippen molar-refractivity contribution in [3.05, 3.63) is 64.2 Å². The maximum absolute atomic E-state index is 13.8. The molecule has 232 valence electrons. The van der Waals surface area contributed by atoms with Crippen molar-refractivity contribution in [2.45, 2.75) is 49.8 Å². The van der Waals surface area contributed by atoms with Crippen molar-refractivity contribution in [2.24, 2.45) is 11.7 Å². The highest BCUT2D eigenvalue weighted by Gasteiger charge is 2.64. The van der Waals surface area contributed by atoms with E-state index in [0.29, 0.717) is 23.7 Å². The summed E-state index contributed by atoms with van der Waals surface area (Å²) < 4.78 is 37.9. The molecule has 3 heterocycles. The summed E-state index contributed by atoms with van der Waals surface area (Å²) in [6.45, 7) is 3.40. The van der Waals surface area contributed by atoms with Crippen LogP contribution in [0.25, 0.3) is 10.9 Å². The first kappa shape index (κ1) is 31.3. The number of nitrogens with zero attached hydrogens (tertiary/aromatic N) is 3. The molecule has 2 atom stereocenters. The number of rotatable bonds is 9. The molecule has 1 aliphatic carbocycles. The lowest BCUT2D eigenvalue weighted by Crippen LogP contribution is -2.46. The van der Waals surface area contributed by atoms with Crippen molar-refractivity contribution < 1.29 is 43.0 Å². The molecule has 3 aromatic rings. The second-order valence-corrected chi connectivity index (χ2v) is 15.3. The molecule has 1 aromatic carbocycles. The SMILES string of the molecule is COc1c(N2C[C@@H](C)C[C@H](N)C2)ccc2c(=O)c(C(=O)OC(Cc3cccnc3)(P(=O)(O)O)P(=O)(O)O)cn(C3CC3)c12. The fourth-order valence-electron chi connectivity index (χ4n) is 5.74. The number of nitrogens with two attached hydrogens (primary N) is 1. The third-order valence-corrected chi connectivity index (χ3v) is 11.7. The molecule has 0 spiro atoms. The number of methoxy groups -OCH3 is 1. The highest BCUT2D eigenvalue weighted by molar-refractivity contribution is 7.72. The van der Waals surface area contributed by atoms with Gasteiger partial charge in [-0.2, -0.15) is 0 Å². The Morgan fingerprint density at radius 1 is 1.14 bits per heavy atom. The summed E-state index contributed by atoms with van der Waals surface area (Å²) in [5, 5.41) is -3.53. The van der Waals surface area contributed by atoms with Gasteiger partial charge in [0.15, 0.2) is 5.75 Å². The average Bonchev–Trinajstić information content (AvgIpc) is 3.76. The van der Waals surface area contributed by atoms with Gasteiger partial charge in [-0.05, 0) is 48.9 Å². The molecule has 6 N–H and O–H groups in total. The summed E-state index contributed by atoms with van der Waals surface area (Å²) in [5.41, 5.74) is 5.92. The van der Waals surface area contributed by atoms with Crippen molar-refractivity contribution in [2.75, 3.05) is 25.1 Å². The Hall–Kier alpha value is -3.09.